The number of rotatable bonds is 3. The average Bonchev–Trinajstić information content (AvgIpc) is 3.75. The minimum absolute atomic E-state index is 1.23. The normalized spacial score (nSPS) is 12.0. The summed E-state index contributed by atoms with van der Waals surface area (Å²) in [6.45, 7) is 0. The van der Waals surface area contributed by atoms with Crippen LogP contribution in [0.4, 0.5) is 0 Å². The Bertz CT molecular complexity index is 3100. The van der Waals surface area contributed by atoms with Crippen LogP contribution in [0.2, 0.25) is 0 Å². The van der Waals surface area contributed by atoms with Gasteiger partial charge in [-0.15, -0.1) is 22.7 Å². The number of hydrogen-bond acceptors (Lipinski definition) is 2. The number of thiophene rings is 2. The van der Waals surface area contributed by atoms with Crippen LogP contribution in [-0.4, -0.2) is 0 Å². The summed E-state index contributed by atoms with van der Waals surface area (Å²) in [4.78, 5) is 0. The molecule has 11 aromatic rings. The standard InChI is InChI=1S/C48H28S2/c1-2-11-30-26-34(21-20-29(30)10-1)46-38-17-5-3-15-36(38)45(37-16-4-6-18-39(37)46)33-13-9-12-31(27-33)32-22-25-44-42(28-32)41-24-23-40-35-14-7-8-19-43(35)49-47(40)48(41)50-44/h1-28H. The minimum atomic E-state index is 1.23. The molecule has 0 spiro atoms. The highest BCUT2D eigenvalue weighted by Gasteiger charge is 2.18. The van der Waals surface area contributed by atoms with E-state index >= 15 is 0 Å². The summed E-state index contributed by atoms with van der Waals surface area (Å²) in [5, 5.41) is 13.0. The Labute approximate surface area is 297 Å². The zero-order chi connectivity index (χ0) is 32.8. The summed E-state index contributed by atoms with van der Waals surface area (Å²) in [5.41, 5.74) is 7.55. The van der Waals surface area contributed by atoms with Gasteiger partial charge in [-0.3, -0.25) is 0 Å². The summed E-state index contributed by atoms with van der Waals surface area (Å²) < 4.78 is 5.50. The highest BCUT2D eigenvalue weighted by atomic mass is 32.1. The van der Waals surface area contributed by atoms with Gasteiger partial charge in [-0.2, -0.15) is 0 Å². The lowest BCUT2D eigenvalue weighted by Gasteiger charge is -2.18. The molecule has 2 aromatic heterocycles. The Balaban J connectivity index is 1.10. The number of fused-ring (bicyclic) bond motifs is 10. The third kappa shape index (κ3) is 4.16. The van der Waals surface area contributed by atoms with Gasteiger partial charge >= 0.3 is 0 Å². The molecule has 0 nitrogen and oxygen atoms in total. The van der Waals surface area contributed by atoms with Crippen molar-refractivity contribution in [1.82, 2.24) is 0 Å². The highest BCUT2D eigenvalue weighted by molar-refractivity contribution is 7.33. The van der Waals surface area contributed by atoms with E-state index in [1.165, 1.54) is 106 Å². The molecule has 232 valence electrons. The van der Waals surface area contributed by atoms with Crippen molar-refractivity contribution in [3.63, 3.8) is 0 Å². The Morgan fingerprint density at radius 1 is 0.260 bits per heavy atom. The minimum Gasteiger partial charge on any atom is -0.134 e. The van der Waals surface area contributed by atoms with Gasteiger partial charge in [0.2, 0.25) is 0 Å². The second-order valence-electron chi connectivity index (χ2n) is 13.2. The second kappa shape index (κ2) is 10.9. The summed E-state index contributed by atoms with van der Waals surface area (Å²) in [6, 6.07) is 63.1. The van der Waals surface area contributed by atoms with Crippen molar-refractivity contribution in [1.29, 1.82) is 0 Å². The Kier molecular flexibility index (Phi) is 6.09. The van der Waals surface area contributed by atoms with Crippen LogP contribution in [0.15, 0.2) is 170 Å². The van der Waals surface area contributed by atoms with Crippen LogP contribution in [0.25, 0.3) is 106 Å². The lowest BCUT2D eigenvalue weighted by molar-refractivity contribution is 1.63. The Morgan fingerprint density at radius 3 is 1.46 bits per heavy atom. The van der Waals surface area contributed by atoms with Gasteiger partial charge in [0.25, 0.3) is 0 Å². The smallest absolute Gasteiger partial charge is 0.0534 e. The first kappa shape index (κ1) is 28.1. The molecule has 11 rings (SSSR count). The third-order valence-electron chi connectivity index (χ3n) is 10.4. The summed E-state index contributed by atoms with van der Waals surface area (Å²) >= 11 is 3.84. The molecule has 50 heavy (non-hydrogen) atoms. The molecule has 0 bridgehead atoms. The van der Waals surface area contributed by atoms with Crippen molar-refractivity contribution in [2.75, 3.05) is 0 Å². The number of hydrogen-bond donors (Lipinski definition) is 0. The molecule has 0 saturated heterocycles. The van der Waals surface area contributed by atoms with Crippen LogP contribution in [-0.2, 0) is 0 Å². The van der Waals surface area contributed by atoms with Crippen LogP contribution in [0, 0.1) is 0 Å². The first-order valence-corrected chi connectivity index (χ1v) is 18.7. The second-order valence-corrected chi connectivity index (χ2v) is 15.3. The fourth-order valence-electron chi connectivity index (χ4n) is 8.15. The van der Waals surface area contributed by atoms with Gasteiger partial charge in [-0.05, 0) is 96.0 Å². The molecular formula is C48H28S2. The molecule has 0 saturated carbocycles. The van der Waals surface area contributed by atoms with Crippen LogP contribution in [0.1, 0.15) is 0 Å². The zero-order valence-electron chi connectivity index (χ0n) is 27.0. The molecule has 0 atom stereocenters. The van der Waals surface area contributed by atoms with E-state index in [9.17, 15) is 0 Å². The van der Waals surface area contributed by atoms with Crippen molar-refractivity contribution in [2.24, 2.45) is 0 Å². The average molecular weight is 669 g/mol. The first-order chi connectivity index (χ1) is 24.8. The van der Waals surface area contributed by atoms with E-state index in [1.54, 1.807) is 0 Å². The molecule has 2 heteroatoms. The molecule has 0 aliphatic rings. The van der Waals surface area contributed by atoms with E-state index in [0.29, 0.717) is 0 Å². The maximum Gasteiger partial charge on any atom is 0.0534 e. The van der Waals surface area contributed by atoms with Crippen LogP contribution >= 0.6 is 22.7 Å². The van der Waals surface area contributed by atoms with Gasteiger partial charge in [-0.1, -0.05) is 140 Å². The van der Waals surface area contributed by atoms with Crippen molar-refractivity contribution in [3.8, 4) is 33.4 Å². The zero-order valence-corrected chi connectivity index (χ0v) is 28.6. The quantitative estimate of drug-likeness (QED) is 0.164. The van der Waals surface area contributed by atoms with E-state index in [0.717, 1.165) is 0 Å². The SMILES string of the molecule is c1cc(-c2ccc3sc4c(ccc5c6ccccc6sc54)c3c2)cc(-c2c3ccccc3c(-c3ccc4ccccc4c3)c3ccccc23)c1. The molecule has 0 unspecified atom stereocenters. The molecule has 0 N–H and O–H groups in total. The van der Waals surface area contributed by atoms with E-state index in [1.807, 2.05) is 22.7 Å². The molecule has 0 radical (unpaired) electrons. The third-order valence-corrected chi connectivity index (χ3v) is 13.0. The Morgan fingerprint density at radius 2 is 0.760 bits per heavy atom. The lowest BCUT2D eigenvalue weighted by atomic mass is 9.85. The maximum absolute atomic E-state index is 2.41. The predicted octanol–water partition coefficient (Wildman–Crippen LogP) is 14.9. The summed E-state index contributed by atoms with van der Waals surface area (Å²) in [6.07, 6.45) is 0. The molecule has 2 heterocycles. The van der Waals surface area contributed by atoms with Crippen molar-refractivity contribution < 1.29 is 0 Å². The molecule has 0 fully saturated rings. The summed E-state index contributed by atoms with van der Waals surface area (Å²) in [7, 11) is 0. The molecule has 0 amide bonds. The summed E-state index contributed by atoms with van der Waals surface area (Å²) in [5.74, 6) is 0. The van der Waals surface area contributed by atoms with Gasteiger partial charge < -0.3 is 0 Å². The monoisotopic (exact) mass is 668 g/mol. The van der Waals surface area contributed by atoms with Gasteiger partial charge in [0.1, 0.15) is 0 Å². The van der Waals surface area contributed by atoms with Gasteiger partial charge in [0.15, 0.2) is 0 Å². The molecule has 0 aliphatic carbocycles. The first-order valence-electron chi connectivity index (χ1n) is 17.1. The van der Waals surface area contributed by atoms with Gasteiger partial charge in [0, 0.05) is 30.9 Å². The molecule has 0 aliphatic heterocycles. The van der Waals surface area contributed by atoms with Crippen LogP contribution < -0.4 is 0 Å². The maximum atomic E-state index is 2.41. The predicted molar refractivity (Wildman–Crippen MR) is 221 cm³/mol. The van der Waals surface area contributed by atoms with Gasteiger partial charge in [-0.25, -0.2) is 0 Å². The van der Waals surface area contributed by atoms with E-state index in [2.05, 4.69) is 170 Å². The fourth-order valence-corrected chi connectivity index (χ4v) is 10.7. The molecular weight excluding hydrogens is 641 g/mol. The van der Waals surface area contributed by atoms with Crippen molar-refractivity contribution in [3.05, 3.63) is 170 Å². The van der Waals surface area contributed by atoms with Crippen molar-refractivity contribution in [2.45, 2.75) is 0 Å². The number of benzene rings is 9. The fraction of sp³-hybridized carbons (Fsp3) is 0. The van der Waals surface area contributed by atoms with Crippen LogP contribution in [0.3, 0.4) is 0 Å². The van der Waals surface area contributed by atoms with E-state index in [4.69, 9.17) is 0 Å². The lowest BCUT2D eigenvalue weighted by Crippen LogP contribution is -1.91. The van der Waals surface area contributed by atoms with E-state index in [-0.39, 0.29) is 0 Å². The van der Waals surface area contributed by atoms with E-state index < -0.39 is 0 Å². The highest BCUT2D eigenvalue weighted by Crippen LogP contribution is 2.47. The van der Waals surface area contributed by atoms with Crippen LogP contribution in [0.5, 0.6) is 0 Å². The van der Waals surface area contributed by atoms with Gasteiger partial charge in [0.05, 0.1) is 9.40 Å². The Hall–Kier alpha value is -5.80. The topological polar surface area (TPSA) is 0 Å². The molecule has 9 aromatic carbocycles. The largest absolute Gasteiger partial charge is 0.134 e. The van der Waals surface area contributed by atoms with Crippen molar-refractivity contribution >= 4 is 95.3 Å².